The van der Waals surface area contributed by atoms with E-state index in [1.807, 2.05) is 37.3 Å². The van der Waals surface area contributed by atoms with Crippen LogP contribution in [-0.4, -0.2) is 17.4 Å². The normalized spacial score (nSPS) is 14.4. The van der Waals surface area contributed by atoms with E-state index in [1.165, 1.54) is 0 Å². The van der Waals surface area contributed by atoms with E-state index in [0.717, 1.165) is 26.4 Å². The lowest BCUT2D eigenvalue weighted by atomic mass is 10.0. The number of amides is 1. The molecule has 3 rings (SSSR count). The van der Waals surface area contributed by atoms with Crippen molar-refractivity contribution in [2.24, 2.45) is 0 Å². The first kappa shape index (κ1) is 13.8. The van der Waals surface area contributed by atoms with Crippen molar-refractivity contribution in [1.29, 1.82) is 5.26 Å². The van der Waals surface area contributed by atoms with Gasteiger partial charge in [0.05, 0.1) is 12.6 Å². The Morgan fingerprint density at radius 1 is 1.43 bits per heavy atom. The number of rotatable bonds is 2. The van der Waals surface area contributed by atoms with Crippen LogP contribution in [0.4, 0.5) is 0 Å². The number of nitriles is 1. The van der Waals surface area contributed by atoms with Gasteiger partial charge in [0, 0.05) is 22.2 Å². The lowest BCUT2D eigenvalue weighted by Crippen LogP contribution is -2.25. The molecule has 4 heteroatoms. The number of benzene rings is 2. The molecule has 3 nitrogen and oxygen atoms in total. The van der Waals surface area contributed by atoms with E-state index in [1.54, 1.807) is 11.0 Å². The van der Waals surface area contributed by atoms with E-state index < -0.39 is 0 Å². The van der Waals surface area contributed by atoms with Crippen LogP contribution < -0.4 is 0 Å². The quantitative estimate of drug-likeness (QED) is 0.774. The Bertz CT molecular complexity index is 817. The zero-order chi connectivity index (χ0) is 15.0. The van der Waals surface area contributed by atoms with Gasteiger partial charge in [-0.2, -0.15) is 5.26 Å². The number of halogens is 1. The molecule has 0 unspecified atom stereocenters. The molecule has 2 aromatic carbocycles. The minimum atomic E-state index is 0.00137. The first-order valence-electron chi connectivity index (χ1n) is 6.69. The van der Waals surface area contributed by atoms with E-state index >= 15 is 0 Å². The fourth-order valence-corrected chi connectivity index (χ4v) is 3.04. The summed E-state index contributed by atoms with van der Waals surface area (Å²) in [5.41, 5.74) is 2.41. The van der Waals surface area contributed by atoms with Crippen LogP contribution in [0.25, 0.3) is 10.8 Å². The monoisotopic (exact) mass is 340 g/mol. The summed E-state index contributed by atoms with van der Waals surface area (Å²) in [6, 6.07) is 12.1. The Balaban J connectivity index is 2.05. The summed E-state index contributed by atoms with van der Waals surface area (Å²) in [6.45, 7) is 2.75. The van der Waals surface area contributed by atoms with Crippen molar-refractivity contribution in [3.8, 4) is 6.07 Å². The van der Waals surface area contributed by atoms with Crippen molar-refractivity contribution in [3.63, 3.8) is 0 Å². The second-order valence-electron chi connectivity index (χ2n) is 5.04. The van der Waals surface area contributed by atoms with E-state index in [4.69, 9.17) is 5.26 Å². The highest BCUT2D eigenvalue weighted by molar-refractivity contribution is 9.10. The number of hydrogen-bond donors (Lipinski definition) is 0. The molecule has 0 saturated heterocycles. The number of fused-ring (bicyclic) bond motifs is 3. The predicted octanol–water partition coefficient (Wildman–Crippen LogP) is 4.03. The molecule has 0 N–H and O–H groups in total. The minimum Gasteiger partial charge on any atom is -0.329 e. The van der Waals surface area contributed by atoms with Gasteiger partial charge in [0.1, 0.15) is 0 Å². The SMILES string of the molecule is C/C=C(\C#N)CN1Cc2c(ccc3ccc(Br)cc23)C1=O. The molecule has 1 aliphatic rings. The van der Waals surface area contributed by atoms with Crippen LogP contribution in [0.15, 0.2) is 46.5 Å². The summed E-state index contributed by atoms with van der Waals surface area (Å²) in [6.07, 6.45) is 1.75. The molecule has 0 bridgehead atoms. The maximum Gasteiger partial charge on any atom is 0.254 e. The maximum absolute atomic E-state index is 12.5. The minimum absolute atomic E-state index is 0.00137. The van der Waals surface area contributed by atoms with Gasteiger partial charge in [0.15, 0.2) is 0 Å². The molecule has 104 valence electrons. The van der Waals surface area contributed by atoms with Gasteiger partial charge in [-0.15, -0.1) is 0 Å². The topological polar surface area (TPSA) is 44.1 Å². The standard InChI is InChI=1S/C17H13BrN2O/c1-2-11(8-19)9-20-10-16-14(17(20)21)6-4-12-3-5-13(18)7-15(12)16/h2-7H,9-10H2,1H3/b11-2+. The smallest absolute Gasteiger partial charge is 0.254 e. The molecule has 0 atom stereocenters. The maximum atomic E-state index is 12.5. The van der Waals surface area contributed by atoms with Crippen molar-refractivity contribution >= 4 is 32.6 Å². The summed E-state index contributed by atoms with van der Waals surface area (Å²) in [5.74, 6) is 0.00137. The Labute approximate surface area is 131 Å². The van der Waals surface area contributed by atoms with Crippen LogP contribution in [0.5, 0.6) is 0 Å². The molecule has 0 spiro atoms. The van der Waals surface area contributed by atoms with Crippen LogP contribution in [0.2, 0.25) is 0 Å². The third-order valence-corrected chi connectivity index (χ3v) is 4.31. The summed E-state index contributed by atoms with van der Waals surface area (Å²) < 4.78 is 1.00. The molecular weight excluding hydrogens is 328 g/mol. The summed E-state index contributed by atoms with van der Waals surface area (Å²) in [5, 5.41) is 11.3. The van der Waals surface area contributed by atoms with Gasteiger partial charge in [-0.25, -0.2) is 0 Å². The predicted molar refractivity (Wildman–Crippen MR) is 85.8 cm³/mol. The zero-order valence-corrected chi connectivity index (χ0v) is 13.1. The molecule has 21 heavy (non-hydrogen) atoms. The molecule has 1 heterocycles. The van der Waals surface area contributed by atoms with Crippen molar-refractivity contribution in [1.82, 2.24) is 4.90 Å². The Morgan fingerprint density at radius 3 is 2.90 bits per heavy atom. The molecule has 2 aromatic rings. The number of hydrogen-bond acceptors (Lipinski definition) is 2. The van der Waals surface area contributed by atoms with Crippen molar-refractivity contribution in [2.75, 3.05) is 6.54 Å². The van der Waals surface area contributed by atoms with Crippen LogP contribution in [0.1, 0.15) is 22.8 Å². The molecule has 0 saturated carbocycles. The summed E-state index contributed by atoms with van der Waals surface area (Å²) >= 11 is 3.48. The third kappa shape index (κ3) is 2.34. The second-order valence-corrected chi connectivity index (χ2v) is 5.96. The van der Waals surface area contributed by atoms with Gasteiger partial charge in [0.2, 0.25) is 0 Å². The first-order chi connectivity index (χ1) is 10.1. The van der Waals surface area contributed by atoms with Crippen molar-refractivity contribution in [2.45, 2.75) is 13.5 Å². The van der Waals surface area contributed by atoms with Gasteiger partial charge in [-0.3, -0.25) is 4.79 Å². The largest absolute Gasteiger partial charge is 0.329 e. The van der Waals surface area contributed by atoms with Crippen molar-refractivity contribution in [3.05, 3.63) is 57.6 Å². The number of carbonyl (C=O) groups excluding carboxylic acids is 1. The molecule has 0 fully saturated rings. The molecular formula is C17H13BrN2O. The number of nitrogens with zero attached hydrogens (tertiary/aromatic N) is 2. The van der Waals surface area contributed by atoms with E-state index in [-0.39, 0.29) is 5.91 Å². The molecule has 1 aliphatic heterocycles. The van der Waals surface area contributed by atoms with E-state index in [0.29, 0.717) is 18.7 Å². The number of allylic oxidation sites excluding steroid dienone is 1. The zero-order valence-electron chi connectivity index (χ0n) is 11.6. The van der Waals surface area contributed by atoms with Gasteiger partial charge < -0.3 is 4.90 Å². The average Bonchev–Trinajstić information content (AvgIpc) is 2.81. The fraction of sp³-hybridized carbons (Fsp3) is 0.176. The lowest BCUT2D eigenvalue weighted by molar-refractivity contribution is 0.0794. The van der Waals surface area contributed by atoms with Gasteiger partial charge >= 0.3 is 0 Å². The van der Waals surface area contributed by atoms with E-state index in [9.17, 15) is 4.79 Å². The fourth-order valence-electron chi connectivity index (χ4n) is 2.68. The van der Waals surface area contributed by atoms with Crippen LogP contribution in [0, 0.1) is 11.3 Å². The highest BCUT2D eigenvalue weighted by Gasteiger charge is 2.29. The van der Waals surface area contributed by atoms with Gasteiger partial charge in [0.25, 0.3) is 5.91 Å². The first-order valence-corrected chi connectivity index (χ1v) is 7.49. The number of carbonyl (C=O) groups is 1. The Morgan fingerprint density at radius 2 is 2.19 bits per heavy atom. The molecule has 1 amide bonds. The second kappa shape index (κ2) is 5.34. The summed E-state index contributed by atoms with van der Waals surface area (Å²) in [7, 11) is 0. The highest BCUT2D eigenvalue weighted by Crippen LogP contribution is 2.32. The van der Waals surface area contributed by atoms with Crippen LogP contribution in [-0.2, 0) is 6.54 Å². The summed E-state index contributed by atoms with van der Waals surface area (Å²) in [4.78, 5) is 14.2. The van der Waals surface area contributed by atoms with Gasteiger partial charge in [-0.1, -0.05) is 34.1 Å². The van der Waals surface area contributed by atoms with Crippen molar-refractivity contribution < 1.29 is 4.79 Å². The molecule has 0 aliphatic carbocycles. The molecule has 0 aromatic heterocycles. The Hall–Kier alpha value is -2.12. The van der Waals surface area contributed by atoms with Crippen LogP contribution in [0.3, 0.4) is 0 Å². The van der Waals surface area contributed by atoms with Gasteiger partial charge in [-0.05, 0) is 41.5 Å². The third-order valence-electron chi connectivity index (χ3n) is 3.82. The van der Waals surface area contributed by atoms with E-state index in [2.05, 4.69) is 22.0 Å². The molecule has 0 radical (unpaired) electrons. The lowest BCUT2D eigenvalue weighted by Gasteiger charge is -2.14. The average molecular weight is 341 g/mol. The van der Waals surface area contributed by atoms with Crippen LogP contribution >= 0.6 is 15.9 Å². The highest BCUT2D eigenvalue weighted by atomic mass is 79.9. The Kier molecular flexibility index (Phi) is 3.52.